The molecule has 1 nitrogen and oxygen atoms in total. The summed E-state index contributed by atoms with van der Waals surface area (Å²) in [4.78, 5) is 0. The van der Waals surface area contributed by atoms with Gasteiger partial charge < -0.3 is 5.32 Å². The van der Waals surface area contributed by atoms with Gasteiger partial charge >= 0.3 is 0 Å². The molecule has 0 aromatic carbocycles. The highest BCUT2D eigenvalue weighted by atomic mass is 19.3. The highest BCUT2D eigenvalue weighted by Gasteiger charge is 2.57. The smallest absolute Gasteiger partial charge is 0.267 e. The van der Waals surface area contributed by atoms with Crippen LogP contribution < -0.4 is 5.32 Å². The van der Waals surface area contributed by atoms with Crippen molar-refractivity contribution >= 4 is 0 Å². The molecule has 1 N–H and O–H groups in total. The molecular formula is C12H21F2N. The third kappa shape index (κ3) is 1.91. The van der Waals surface area contributed by atoms with Crippen molar-refractivity contribution in [1.82, 2.24) is 5.32 Å². The third-order valence-corrected chi connectivity index (χ3v) is 4.36. The molecule has 0 aromatic rings. The molecule has 2 fully saturated rings. The van der Waals surface area contributed by atoms with E-state index in [1.165, 1.54) is 12.8 Å². The van der Waals surface area contributed by atoms with Crippen LogP contribution in [0.15, 0.2) is 0 Å². The monoisotopic (exact) mass is 217 g/mol. The fourth-order valence-electron chi connectivity index (χ4n) is 3.17. The average Bonchev–Trinajstić information content (AvgIpc) is 2.45. The summed E-state index contributed by atoms with van der Waals surface area (Å²) in [7, 11) is 0. The van der Waals surface area contributed by atoms with E-state index in [-0.39, 0.29) is 12.3 Å². The highest BCUT2D eigenvalue weighted by Crippen LogP contribution is 2.45. The second-order valence-corrected chi connectivity index (χ2v) is 5.27. The standard InChI is InChI=1S/C12H21F2N/c1-11(12(13,14)8-9-15-11)10-6-4-2-3-5-7-10/h10,15H,2-9H2,1H3. The predicted octanol–water partition coefficient (Wildman–Crippen LogP) is 3.34. The Hall–Kier alpha value is -0.180. The molecule has 3 heteroatoms. The molecule has 0 spiro atoms. The molecule has 0 bridgehead atoms. The summed E-state index contributed by atoms with van der Waals surface area (Å²) in [5.74, 6) is -2.35. The van der Waals surface area contributed by atoms with Crippen LogP contribution >= 0.6 is 0 Å². The normalized spacial score (nSPS) is 37.8. The third-order valence-electron chi connectivity index (χ3n) is 4.36. The van der Waals surface area contributed by atoms with Crippen LogP contribution in [0.3, 0.4) is 0 Å². The minimum Gasteiger partial charge on any atom is -0.306 e. The Morgan fingerprint density at radius 1 is 1.07 bits per heavy atom. The molecule has 1 aliphatic carbocycles. The zero-order valence-electron chi connectivity index (χ0n) is 9.49. The van der Waals surface area contributed by atoms with Gasteiger partial charge in [-0.2, -0.15) is 0 Å². The molecule has 2 aliphatic rings. The van der Waals surface area contributed by atoms with E-state index in [0.717, 1.165) is 25.7 Å². The Morgan fingerprint density at radius 2 is 1.67 bits per heavy atom. The largest absolute Gasteiger partial charge is 0.306 e. The van der Waals surface area contributed by atoms with Crippen LogP contribution in [0, 0.1) is 5.92 Å². The maximum Gasteiger partial charge on any atom is 0.267 e. The molecule has 1 saturated heterocycles. The molecule has 0 amide bonds. The van der Waals surface area contributed by atoms with Crippen LogP contribution in [0.25, 0.3) is 0 Å². The van der Waals surface area contributed by atoms with Crippen molar-refractivity contribution in [2.45, 2.75) is 63.3 Å². The molecule has 0 aromatic heterocycles. The molecule has 15 heavy (non-hydrogen) atoms. The van der Waals surface area contributed by atoms with Crippen molar-refractivity contribution in [3.63, 3.8) is 0 Å². The van der Waals surface area contributed by atoms with Gasteiger partial charge in [-0.1, -0.05) is 25.7 Å². The van der Waals surface area contributed by atoms with Gasteiger partial charge in [0.2, 0.25) is 0 Å². The summed E-state index contributed by atoms with van der Waals surface area (Å²) in [5.41, 5.74) is -0.933. The van der Waals surface area contributed by atoms with Crippen molar-refractivity contribution in [1.29, 1.82) is 0 Å². The van der Waals surface area contributed by atoms with Gasteiger partial charge in [0, 0.05) is 13.0 Å². The summed E-state index contributed by atoms with van der Waals surface area (Å²) in [6.45, 7) is 2.20. The van der Waals surface area contributed by atoms with Gasteiger partial charge in [0.25, 0.3) is 5.92 Å². The zero-order valence-corrected chi connectivity index (χ0v) is 9.49. The number of rotatable bonds is 1. The summed E-state index contributed by atoms with van der Waals surface area (Å²) >= 11 is 0. The second kappa shape index (κ2) is 4.00. The van der Waals surface area contributed by atoms with Crippen LogP contribution in [0.2, 0.25) is 0 Å². The Bertz CT molecular complexity index is 222. The SMILES string of the molecule is CC1(C2CCCCCC2)NCCC1(F)F. The van der Waals surface area contributed by atoms with Crippen LogP contribution in [0.5, 0.6) is 0 Å². The molecule has 1 heterocycles. The number of hydrogen-bond acceptors (Lipinski definition) is 1. The molecular weight excluding hydrogens is 196 g/mol. The van der Waals surface area contributed by atoms with Crippen molar-refractivity contribution in [3.05, 3.63) is 0 Å². The predicted molar refractivity (Wildman–Crippen MR) is 57.2 cm³/mol. The highest BCUT2D eigenvalue weighted by molar-refractivity contribution is 5.06. The van der Waals surface area contributed by atoms with Crippen molar-refractivity contribution in [2.24, 2.45) is 5.92 Å². The molecule has 1 aliphatic heterocycles. The lowest BCUT2D eigenvalue weighted by molar-refractivity contribution is -0.0795. The first-order chi connectivity index (χ1) is 7.06. The van der Waals surface area contributed by atoms with Gasteiger partial charge in [0.15, 0.2) is 0 Å². The lowest BCUT2D eigenvalue weighted by Gasteiger charge is -2.38. The Morgan fingerprint density at radius 3 is 2.13 bits per heavy atom. The van der Waals surface area contributed by atoms with E-state index < -0.39 is 11.5 Å². The molecule has 1 saturated carbocycles. The van der Waals surface area contributed by atoms with Crippen molar-refractivity contribution < 1.29 is 8.78 Å². The lowest BCUT2D eigenvalue weighted by Crippen LogP contribution is -2.54. The number of halogens is 2. The zero-order chi connectivity index (χ0) is 10.9. The van der Waals surface area contributed by atoms with Gasteiger partial charge in [-0.25, -0.2) is 8.78 Å². The van der Waals surface area contributed by atoms with E-state index in [9.17, 15) is 8.78 Å². The van der Waals surface area contributed by atoms with Crippen LogP contribution in [0.4, 0.5) is 8.78 Å². The first-order valence-corrected chi connectivity index (χ1v) is 6.19. The fraction of sp³-hybridized carbons (Fsp3) is 1.00. The first-order valence-electron chi connectivity index (χ1n) is 6.19. The lowest BCUT2D eigenvalue weighted by atomic mass is 9.77. The van der Waals surface area contributed by atoms with Gasteiger partial charge in [-0.05, 0) is 25.7 Å². The second-order valence-electron chi connectivity index (χ2n) is 5.27. The summed E-state index contributed by atoms with van der Waals surface area (Å²) < 4.78 is 27.7. The molecule has 0 radical (unpaired) electrons. The average molecular weight is 217 g/mol. The van der Waals surface area contributed by atoms with E-state index in [2.05, 4.69) is 5.32 Å². The molecule has 2 rings (SSSR count). The number of alkyl halides is 2. The Balaban J connectivity index is 2.12. The maximum absolute atomic E-state index is 13.8. The maximum atomic E-state index is 13.8. The minimum atomic E-state index is -2.51. The van der Waals surface area contributed by atoms with E-state index in [1.54, 1.807) is 6.92 Å². The Kier molecular flexibility index (Phi) is 3.02. The van der Waals surface area contributed by atoms with E-state index >= 15 is 0 Å². The quantitative estimate of drug-likeness (QED) is 0.664. The van der Waals surface area contributed by atoms with E-state index in [1.807, 2.05) is 0 Å². The van der Waals surface area contributed by atoms with Gasteiger partial charge in [0.1, 0.15) is 0 Å². The summed E-state index contributed by atoms with van der Waals surface area (Å²) in [5, 5.41) is 3.07. The summed E-state index contributed by atoms with van der Waals surface area (Å²) in [6.07, 6.45) is 6.64. The minimum absolute atomic E-state index is 0.0139. The topological polar surface area (TPSA) is 12.0 Å². The number of hydrogen-bond donors (Lipinski definition) is 1. The van der Waals surface area contributed by atoms with E-state index in [0.29, 0.717) is 6.54 Å². The van der Waals surface area contributed by atoms with Gasteiger partial charge in [-0.3, -0.25) is 0 Å². The van der Waals surface area contributed by atoms with Crippen molar-refractivity contribution in [3.8, 4) is 0 Å². The summed E-state index contributed by atoms with van der Waals surface area (Å²) in [6, 6.07) is 0. The number of nitrogens with one attached hydrogen (secondary N) is 1. The van der Waals surface area contributed by atoms with Crippen LogP contribution in [-0.4, -0.2) is 18.0 Å². The van der Waals surface area contributed by atoms with Crippen molar-refractivity contribution in [2.75, 3.05) is 6.54 Å². The van der Waals surface area contributed by atoms with Gasteiger partial charge in [0.05, 0.1) is 5.54 Å². The first kappa shape index (κ1) is 11.3. The van der Waals surface area contributed by atoms with Crippen LogP contribution in [0.1, 0.15) is 51.9 Å². The molecule has 1 atom stereocenters. The Labute approximate surface area is 90.6 Å². The fourth-order valence-corrected chi connectivity index (χ4v) is 3.17. The molecule has 88 valence electrons. The van der Waals surface area contributed by atoms with Gasteiger partial charge in [-0.15, -0.1) is 0 Å². The van der Waals surface area contributed by atoms with Crippen LogP contribution in [-0.2, 0) is 0 Å². The molecule has 1 unspecified atom stereocenters. The van der Waals surface area contributed by atoms with E-state index in [4.69, 9.17) is 0 Å².